The molecule has 320 valence electrons. The Labute approximate surface area is 334 Å². The zero-order chi connectivity index (χ0) is 41.5. The first kappa shape index (κ1) is 45.0. The summed E-state index contributed by atoms with van der Waals surface area (Å²) in [6.45, 7) is 19.5. The highest BCUT2D eigenvalue weighted by Crippen LogP contribution is 2.54. The van der Waals surface area contributed by atoms with E-state index in [1.165, 1.54) is 0 Å². The van der Waals surface area contributed by atoms with Crippen LogP contribution in [0.15, 0.2) is 12.2 Å². The zero-order valence-corrected chi connectivity index (χ0v) is 35.5. The summed E-state index contributed by atoms with van der Waals surface area (Å²) in [6, 6.07) is -1.44. The number of ether oxygens (including phenoxy) is 5. The molecule has 18 atom stereocenters. The summed E-state index contributed by atoms with van der Waals surface area (Å²) in [5.74, 6) is -6.02. The number of carbonyl (C=O) groups is 3. The molecule has 5 heterocycles. The lowest BCUT2D eigenvalue weighted by Gasteiger charge is -2.55. The molecular formula is C43H72N2O11. The van der Waals surface area contributed by atoms with Gasteiger partial charge < -0.3 is 50.1 Å². The average Bonchev–Trinajstić information content (AvgIpc) is 3.49. The van der Waals surface area contributed by atoms with E-state index in [1.807, 2.05) is 53.7 Å². The molecule has 4 fully saturated rings. The summed E-state index contributed by atoms with van der Waals surface area (Å²) >= 11 is 0. The number of nitrogens with two attached hydrogens (primary N) is 1. The van der Waals surface area contributed by atoms with E-state index >= 15 is 0 Å². The summed E-state index contributed by atoms with van der Waals surface area (Å²) in [5, 5.41) is 35.5. The fourth-order valence-corrected chi connectivity index (χ4v) is 10.8. The highest BCUT2D eigenvalue weighted by Gasteiger charge is 2.63. The Morgan fingerprint density at radius 2 is 1.59 bits per heavy atom. The first-order chi connectivity index (χ1) is 26.2. The maximum atomic E-state index is 14.5. The molecule has 5 rings (SSSR count). The highest BCUT2D eigenvalue weighted by molar-refractivity contribution is 5.84. The van der Waals surface area contributed by atoms with Crippen LogP contribution in [0.4, 0.5) is 4.79 Å². The van der Waals surface area contributed by atoms with E-state index in [9.17, 15) is 29.7 Å². The van der Waals surface area contributed by atoms with Gasteiger partial charge >= 0.3 is 12.0 Å². The second-order valence-corrected chi connectivity index (χ2v) is 18.5. The van der Waals surface area contributed by atoms with Gasteiger partial charge in [-0.1, -0.05) is 61.5 Å². The fraction of sp³-hybridized carbons (Fsp3) is 0.884. The van der Waals surface area contributed by atoms with Crippen molar-refractivity contribution in [2.24, 2.45) is 47.2 Å². The molecule has 6 N–H and O–H groups in total. The number of urea groups is 1. The van der Waals surface area contributed by atoms with Gasteiger partial charge in [-0.2, -0.15) is 0 Å². The molecule has 13 nitrogen and oxygen atoms in total. The van der Waals surface area contributed by atoms with E-state index in [0.717, 1.165) is 6.42 Å². The molecule has 0 unspecified atom stereocenters. The third kappa shape index (κ3) is 8.47. The van der Waals surface area contributed by atoms with Crippen LogP contribution in [0.25, 0.3) is 0 Å². The monoisotopic (exact) mass is 793 g/mol. The number of ketones is 1. The number of hydrogen-bond donors (Lipinski definition) is 5. The summed E-state index contributed by atoms with van der Waals surface area (Å²) in [4.78, 5) is 38.8. The van der Waals surface area contributed by atoms with Crippen molar-refractivity contribution in [3.8, 4) is 0 Å². The zero-order valence-electron chi connectivity index (χ0n) is 35.5. The maximum absolute atomic E-state index is 14.5. The summed E-state index contributed by atoms with van der Waals surface area (Å²) in [5.41, 5.74) is 3.97. The second-order valence-electron chi connectivity index (χ2n) is 18.5. The molecule has 0 bridgehead atoms. The number of aliphatic hydroxyl groups excluding tert-OH is 1. The quantitative estimate of drug-likeness (QED) is 0.140. The van der Waals surface area contributed by atoms with Crippen LogP contribution in [0.1, 0.15) is 133 Å². The SMILES string of the molecule is CC[C@@H](C(=O)[C@@H](C)[C@@H](O)[C@H](C)[C@@H]1O[C@@H]([C@@H](CC)C(=O)O)CC[C@@H]1C)[C@H]1O[C@]2(C=C[C@@H](NC(N)=O)[C@]3(CC[C@@](C)([C@H]4CC[C@](O)(CC)[C@H](C)O4)O3)O2)[C@H](C)C[C@@H]1C. The van der Waals surface area contributed by atoms with Crippen LogP contribution < -0.4 is 11.1 Å². The van der Waals surface area contributed by atoms with Gasteiger partial charge in [0.1, 0.15) is 11.8 Å². The lowest BCUT2D eigenvalue weighted by atomic mass is 9.72. The Kier molecular flexibility index (Phi) is 13.8. The van der Waals surface area contributed by atoms with Gasteiger partial charge in [0.2, 0.25) is 0 Å². The summed E-state index contributed by atoms with van der Waals surface area (Å²) in [7, 11) is 0. The van der Waals surface area contributed by atoms with E-state index in [-0.39, 0.29) is 29.6 Å². The van der Waals surface area contributed by atoms with E-state index < -0.39 is 95.0 Å². The van der Waals surface area contributed by atoms with Gasteiger partial charge in [-0.3, -0.25) is 9.59 Å². The number of carboxylic acids is 1. The number of carboxylic acid groups (broad SMARTS) is 1. The van der Waals surface area contributed by atoms with Crippen molar-refractivity contribution in [1.82, 2.24) is 5.32 Å². The number of carbonyl (C=O) groups excluding carboxylic acids is 2. The third-order valence-electron chi connectivity index (χ3n) is 14.8. The van der Waals surface area contributed by atoms with E-state index in [4.69, 9.17) is 29.4 Å². The fourth-order valence-electron chi connectivity index (χ4n) is 10.8. The Balaban J connectivity index is 1.36. The molecule has 0 aliphatic carbocycles. The largest absolute Gasteiger partial charge is 0.481 e. The molecule has 5 aliphatic rings. The number of hydrogen-bond acceptors (Lipinski definition) is 10. The molecule has 0 aromatic rings. The Bertz CT molecular complexity index is 1450. The molecule has 0 radical (unpaired) electrons. The van der Waals surface area contributed by atoms with Crippen LogP contribution in [-0.2, 0) is 33.3 Å². The number of aliphatic carboxylic acids is 1. The summed E-state index contributed by atoms with van der Waals surface area (Å²) in [6.07, 6.45) is 6.34. The van der Waals surface area contributed by atoms with Crippen LogP contribution in [0.2, 0.25) is 0 Å². The van der Waals surface area contributed by atoms with Crippen molar-refractivity contribution in [2.75, 3.05) is 0 Å². The van der Waals surface area contributed by atoms with Crippen LogP contribution in [0.3, 0.4) is 0 Å². The normalized spacial score (nSPS) is 44.2. The first-order valence-corrected chi connectivity index (χ1v) is 21.5. The molecule has 0 aromatic carbocycles. The summed E-state index contributed by atoms with van der Waals surface area (Å²) < 4.78 is 34.0. The average molecular weight is 793 g/mol. The number of Topliss-reactive ketones (excluding diaryl/α,β-unsaturated/α-hetero) is 1. The van der Waals surface area contributed by atoms with Crippen molar-refractivity contribution in [2.45, 2.75) is 199 Å². The number of nitrogens with one attached hydrogen (secondary N) is 1. The molecule has 0 aromatic heterocycles. The molecule has 2 amide bonds. The van der Waals surface area contributed by atoms with E-state index in [2.05, 4.69) is 26.1 Å². The predicted molar refractivity (Wildman–Crippen MR) is 209 cm³/mol. The number of aliphatic hydroxyl groups is 2. The molecule has 2 spiro atoms. The van der Waals surface area contributed by atoms with E-state index in [0.29, 0.717) is 57.8 Å². The van der Waals surface area contributed by atoms with Gasteiger partial charge in [0.25, 0.3) is 0 Å². The molecule has 0 saturated carbocycles. The highest BCUT2D eigenvalue weighted by atomic mass is 16.8. The molecule has 56 heavy (non-hydrogen) atoms. The topological polar surface area (TPSA) is 196 Å². The standard InChI is InChI=1S/C43H72N2O11/c1-11-29(38(48)49)31-15-14-23(4)36(53-31)27(8)34(46)26(7)35(47)30(12-2)37-24(5)22-25(6)42(54-37)19-16-32(45-39(44)50)43(56-42)21-20-40(10,55-43)33-17-18-41(51,13-3)28(9)52-33/h16,19,23-34,36-37,46,51H,11-15,17-18,20-22H2,1-10H3,(H,48,49)(H3,44,45,50)/t23-,24-,25+,26-,27-,28-,29+,30-,31+,32+,33+,34+,36+,37-,40-,41+,42-,43-/m0/s1. The van der Waals surface area contributed by atoms with Crippen LogP contribution >= 0.6 is 0 Å². The third-order valence-corrected chi connectivity index (χ3v) is 14.8. The molecule has 5 aliphatic heterocycles. The van der Waals surface area contributed by atoms with E-state index in [1.54, 1.807) is 6.92 Å². The van der Waals surface area contributed by atoms with Gasteiger partial charge in [-0.25, -0.2) is 4.79 Å². The molecule has 13 heteroatoms. The van der Waals surface area contributed by atoms with Gasteiger partial charge in [0.05, 0.1) is 53.7 Å². The second kappa shape index (κ2) is 17.2. The van der Waals surface area contributed by atoms with Gasteiger partial charge in [-0.15, -0.1) is 0 Å². The van der Waals surface area contributed by atoms with Gasteiger partial charge in [0.15, 0.2) is 11.6 Å². The Hall–Kier alpha value is -2.13. The van der Waals surface area contributed by atoms with Crippen molar-refractivity contribution in [3.63, 3.8) is 0 Å². The number of amides is 2. The van der Waals surface area contributed by atoms with Crippen molar-refractivity contribution >= 4 is 17.8 Å². The van der Waals surface area contributed by atoms with Crippen LogP contribution in [0, 0.1) is 41.4 Å². The minimum Gasteiger partial charge on any atom is -0.481 e. The molecular weight excluding hydrogens is 720 g/mol. The first-order valence-electron chi connectivity index (χ1n) is 21.5. The smallest absolute Gasteiger partial charge is 0.312 e. The maximum Gasteiger partial charge on any atom is 0.312 e. The molecule has 4 saturated heterocycles. The number of rotatable bonds is 13. The Morgan fingerprint density at radius 1 is 0.911 bits per heavy atom. The van der Waals surface area contributed by atoms with Crippen LogP contribution in [-0.4, -0.2) is 98.5 Å². The lowest BCUT2D eigenvalue weighted by Crippen LogP contribution is -2.66. The van der Waals surface area contributed by atoms with Crippen molar-refractivity contribution in [3.05, 3.63) is 12.2 Å². The minimum absolute atomic E-state index is 0.0191. The number of primary amides is 1. The Morgan fingerprint density at radius 3 is 2.18 bits per heavy atom. The predicted octanol–water partition coefficient (Wildman–Crippen LogP) is 5.86. The van der Waals surface area contributed by atoms with Gasteiger partial charge in [-0.05, 0) is 89.5 Å². The minimum atomic E-state index is -1.35. The van der Waals surface area contributed by atoms with Crippen molar-refractivity contribution < 1.29 is 53.4 Å². The van der Waals surface area contributed by atoms with Crippen LogP contribution in [0.5, 0.6) is 0 Å². The van der Waals surface area contributed by atoms with Gasteiger partial charge in [0, 0.05) is 30.1 Å². The van der Waals surface area contributed by atoms with Crippen molar-refractivity contribution in [1.29, 1.82) is 0 Å². The lowest BCUT2D eigenvalue weighted by molar-refractivity contribution is -0.397.